The van der Waals surface area contributed by atoms with Crippen LogP contribution in [0.1, 0.15) is 17.3 Å². The molecule has 0 saturated heterocycles. The summed E-state index contributed by atoms with van der Waals surface area (Å²) in [5.41, 5.74) is 7.49. The van der Waals surface area contributed by atoms with Crippen LogP contribution in [0.5, 0.6) is 0 Å². The van der Waals surface area contributed by atoms with Crippen molar-refractivity contribution in [3.05, 3.63) is 46.6 Å². The van der Waals surface area contributed by atoms with E-state index in [-0.39, 0.29) is 12.0 Å². The molecule has 1 atom stereocenters. The van der Waals surface area contributed by atoms with Gasteiger partial charge in [-0.25, -0.2) is 4.98 Å². The van der Waals surface area contributed by atoms with Crippen LogP contribution < -0.4 is 11.1 Å². The van der Waals surface area contributed by atoms with E-state index in [9.17, 15) is 0 Å². The molecule has 0 spiro atoms. The number of methoxy groups -OCH3 is 1. The molecule has 2 rings (SSSR count). The number of nitrogens with zero attached hydrogens (tertiary/aromatic N) is 2. The topological polar surface area (TPSA) is 73.1 Å². The summed E-state index contributed by atoms with van der Waals surface area (Å²) in [6, 6.07) is 9.40. The highest BCUT2D eigenvalue weighted by Gasteiger charge is 2.13. The highest BCUT2D eigenvalue weighted by Crippen LogP contribution is 2.22. The molecule has 20 heavy (non-hydrogen) atoms. The quantitative estimate of drug-likeness (QED) is 0.886. The van der Waals surface area contributed by atoms with Crippen molar-refractivity contribution in [1.82, 2.24) is 9.97 Å². The molecule has 1 aromatic heterocycles. The van der Waals surface area contributed by atoms with Gasteiger partial charge in [-0.2, -0.15) is 4.98 Å². The van der Waals surface area contributed by atoms with E-state index in [4.69, 9.17) is 22.1 Å². The van der Waals surface area contributed by atoms with E-state index in [0.717, 1.165) is 11.3 Å². The number of nitrogens with one attached hydrogen (secondary N) is 1. The standard InChI is InChI=1S/C14H17ClN4O/c1-9-6-13(19-14(16)17-9)18-12(8-20-2)10-4-3-5-11(15)7-10/h3-7,12H,8H2,1-2H3,(H3,16,17,18,19). The number of anilines is 2. The van der Waals surface area contributed by atoms with Gasteiger partial charge in [-0.15, -0.1) is 0 Å². The number of rotatable bonds is 5. The Morgan fingerprint density at radius 3 is 2.80 bits per heavy atom. The van der Waals surface area contributed by atoms with Gasteiger partial charge in [0.25, 0.3) is 0 Å². The Bertz CT molecular complexity index is 571. The number of hydrogen-bond acceptors (Lipinski definition) is 5. The maximum atomic E-state index is 6.03. The van der Waals surface area contributed by atoms with Gasteiger partial charge in [-0.05, 0) is 24.6 Å². The van der Waals surface area contributed by atoms with Gasteiger partial charge < -0.3 is 15.8 Å². The Morgan fingerprint density at radius 2 is 2.15 bits per heavy atom. The molecular formula is C14H17ClN4O. The summed E-state index contributed by atoms with van der Waals surface area (Å²) in [5.74, 6) is 0.909. The first kappa shape index (κ1) is 14.6. The molecule has 1 heterocycles. The first-order chi connectivity index (χ1) is 9.58. The van der Waals surface area contributed by atoms with Gasteiger partial charge in [0.05, 0.1) is 12.6 Å². The summed E-state index contributed by atoms with van der Waals surface area (Å²) in [5, 5.41) is 3.97. The SMILES string of the molecule is COCC(Nc1cc(C)nc(N)n1)c1cccc(Cl)c1. The molecule has 1 aromatic carbocycles. The molecule has 2 aromatic rings. The smallest absolute Gasteiger partial charge is 0.222 e. The molecule has 5 nitrogen and oxygen atoms in total. The number of nitrogens with two attached hydrogens (primary N) is 1. The van der Waals surface area contributed by atoms with E-state index >= 15 is 0 Å². The zero-order chi connectivity index (χ0) is 14.5. The summed E-state index contributed by atoms with van der Waals surface area (Å²) in [7, 11) is 1.65. The third-order valence-corrected chi connectivity index (χ3v) is 3.01. The molecule has 0 amide bonds. The summed E-state index contributed by atoms with van der Waals surface area (Å²) >= 11 is 6.03. The summed E-state index contributed by atoms with van der Waals surface area (Å²) in [6.07, 6.45) is 0. The van der Waals surface area contributed by atoms with Crippen molar-refractivity contribution in [3.63, 3.8) is 0 Å². The Morgan fingerprint density at radius 1 is 1.35 bits per heavy atom. The molecule has 106 valence electrons. The second-order valence-electron chi connectivity index (χ2n) is 4.46. The molecule has 0 aliphatic carbocycles. The molecular weight excluding hydrogens is 276 g/mol. The van der Waals surface area contributed by atoms with Crippen LogP contribution in [-0.4, -0.2) is 23.7 Å². The van der Waals surface area contributed by atoms with Gasteiger partial charge >= 0.3 is 0 Å². The molecule has 1 unspecified atom stereocenters. The summed E-state index contributed by atoms with van der Waals surface area (Å²) in [6.45, 7) is 2.36. The monoisotopic (exact) mass is 292 g/mol. The van der Waals surface area contributed by atoms with Gasteiger partial charge in [0, 0.05) is 23.9 Å². The maximum absolute atomic E-state index is 6.03. The largest absolute Gasteiger partial charge is 0.382 e. The van der Waals surface area contributed by atoms with Crippen molar-refractivity contribution in [2.45, 2.75) is 13.0 Å². The average Bonchev–Trinajstić information content (AvgIpc) is 2.37. The number of halogens is 1. The van der Waals surface area contributed by atoms with Crippen molar-refractivity contribution in [3.8, 4) is 0 Å². The number of aromatic nitrogens is 2. The molecule has 0 bridgehead atoms. The van der Waals surface area contributed by atoms with E-state index in [1.54, 1.807) is 7.11 Å². The maximum Gasteiger partial charge on any atom is 0.222 e. The van der Waals surface area contributed by atoms with Gasteiger partial charge in [-0.3, -0.25) is 0 Å². The molecule has 0 aliphatic rings. The van der Waals surface area contributed by atoms with Crippen molar-refractivity contribution in [1.29, 1.82) is 0 Å². The lowest BCUT2D eigenvalue weighted by Crippen LogP contribution is -2.17. The number of hydrogen-bond donors (Lipinski definition) is 2. The lowest BCUT2D eigenvalue weighted by molar-refractivity contribution is 0.186. The number of nitrogen functional groups attached to an aromatic ring is 1. The fourth-order valence-corrected chi connectivity index (χ4v) is 2.15. The number of benzene rings is 1. The van der Waals surface area contributed by atoms with Crippen molar-refractivity contribution < 1.29 is 4.74 Å². The van der Waals surface area contributed by atoms with Crippen LogP contribution in [-0.2, 0) is 4.74 Å². The van der Waals surface area contributed by atoms with Crippen molar-refractivity contribution in [2.75, 3.05) is 24.8 Å². The lowest BCUT2D eigenvalue weighted by Gasteiger charge is -2.19. The fraction of sp³-hybridized carbons (Fsp3) is 0.286. The normalized spacial score (nSPS) is 12.2. The van der Waals surface area contributed by atoms with Crippen molar-refractivity contribution >= 4 is 23.4 Å². The third-order valence-electron chi connectivity index (χ3n) is 2.78. The van der Waals surface area contributed by atoms with Crippen LogP contribution in [0.3, 0.4) is 0 Å². The Balaban J connectivity index is 2.25. The van der Waals surface area contributed by atoms with Gasteiger partial charge in [0.2, 0.25) is 5.95 Å². The number of aryl methyl sites for hydroxylation is 1. The predicted octanol–water partition coefficient (Wildman–Crippen LogP) is 2.82. The zero-order valence-electron chi connectivity index (χ0n) is 11.4. The van der Waals surface area contributed by atoms with E-state index in [1.165, 1.54) is 0 Å². The second-order valence-corrected chi connectivity index (χ2v) is 4.90. The number of ether oxygens (including phenoxy) is 1. The Hall–Kier alpha value is -1.85. The zero-order valence-corrected chi connectivity index (χ0v) is 12.2. The van der Waals surface area contributed by atoms with Crippen LogP contribution >= 0.6 is 11.6 Å². The molecule has 0 fully saturated rings. The first-order valence-electron chi connectivity index (χ1n) is 6.20. The Labute approximate surface area is 123 Å². The molecule has 0 radical (unpaired) electrons. The van der Waals surface area contributed by atoms with Crippen LogP contribution in [0.25, 0.3) is 0 Å². The second kappa shape index (κ2) is 6.54. The van der Waals surface area contributed by atoms with Crippen LogP contribution in [0.2, 0.25) is 5.02 Å². The minimum atomic E-state index is -0.0626. The molecule has 6 heteroatoms. The lowest BCUT2D eigenvalue weighted by atomic mass is 10.1. The van der Waals surface area contributed by atoms with Crippen LogP contribution in [0, 0.1) is 6.92 Å². The minimum absolute atomic E-state index is 0.0626. The highest BCUT2D eigenvalue weighted by molar-refractivity contribution is 6.30. The van der Waals surface area contributed by atoms with E-state index < -0.39 is 0 Å². The minimum Gasteiger partial charge on any atom is -0.382 e. The van der Waals surface area contributed by atoms with E-state index in [1.807, 2.05) is 37.3 Å². The molecule has 3 N–H and O–H groups in total. The predicted molar refractivity (Wildman–Crippen MR) is 80.9 cm³/mol. The van der Waals surface area contributed by atoms with Crippen molar-refractivity contribution in [2.24, 2.45) is 0 Å². The van der Waals surface area contributed by atoms with E-state index in [2.05, 4.69) is 15.3 Å². The summed E-state index contributed by atoms with van der Waals surface area (Å²) < 4.78 is 5.25. The van der Waals surface area contributed by atoms with Gasteiger partial charge in [-0.1, -0.05) is 23.7 Å². The Kier molecular flexibility index (Phi) is 4.76. The molecule has 0 aliphatic heterocycles. The van der Waals surface area contributed by atoms with Gasteiger partial charge in [0.1, 0.15) is 5.82 Å². The highest BCUT2D eigenvalue weighted by atomic mass is 35.5. The fourth-order valence-electron chi connectivity index (χ4n) is 1.96. The van der Waals surface area contributed by atoms with E-state index in [0.29, 0.717) is 17.4 Å². The van der Waals surface area contributed by atoms with Crippen LogP contribution in [0.4, 0.5) is 11.8 Å². The first-order valence-corrected chi connectivity index (χ1v) is 6.58. The molecule has 0 saturated carbocycles. The van der Waals surface area contributed by atoms with Gasteiger partial charge in [0.15, 0.2) is 0 Å². The summed E-state index contributed by atoms with van der Waals surface area (Å²) in [4.78, 5) is 8.22. The average molecular weight is 293 g/mol. The van der Waals surface area contributed by atoms with Crippen LogP contribution in [0.15, 0.2) is 30.3 Å². The third kappa shape index (κ3) is 3.82.